The molecule has 1 atom stereocenters. The van der Waals surface area contributed by atoms with Crippen molar-refractivity contribution in [3.05, 3.63) is 29.8 Å². The zero-order valence-corrected chi connectivity index (χ0v) is 12.3. The van der Waals surface area contributed by atoms with Crippen LogP contribution in [0.4, 0.5) is 0 Å². The van der Waals surface area contributed by atoms with Gasteiger partial charge in [0.25, 0.3) is 0 Å². The van der Waals surface area contributed by atoms with Gasteiger partial charge in [-0.3, -0.25) is 4.79 Å². The fourth-order valence-electron chi connectivity index (χ4n) is 1.57. The van der Waals surface area contributed by atoms with Gasteiger partial charge in [-0.15, -0.1) is 11.8 Å². The lowest BCUT2D eigenvalue weighted by Gasteiger charge is -2.10. The molecule has 0 saturated carbocycles. The Labute approximate surface area is 119 Å². The van der Waals surface area contributed by atoms with Crippen molar-refractivity contribution in [2.75, 3.05) is 19.4 Å². The third-order valence-electron chi connectivity index (χ3n) is 2.70. The van der Waals surface area contributed by atoms with Crippen LogP contribution in [0.1, 0.15) is 18.9 Å². The van der Waals surface area contributed by atoms with Gasteiger partial charge in [-0.2, -0.15) is 0 Å². The first-order valence-corrected chi connectivity index (χ1v) is 7.42. The molecule has 0 saturated heterocycles. The standard InChI is InChI=1S/C14H22N2O2S/c1-11(6-7-15)19-10-14(17)16-9-12-4-3-5-13(8-12)18-2/h3-5,8,11H,6-7,9-10,15H2,1-2H3,(H,16,17). The van der Waals surface area contributed by atoms with Crippen molar-refractivity contribution < 1.29 is 9.53 Å². The number of methoxy groups -OCH3 is 1. The first-order valence-electron chi connectivity index (χ1n) is 6.37. The Balaban J connectivity index is 2.29. The van der Waals surface area contributed by atoms with Gasteiger partial charge in [0.15, 0.2) is 0 Å². The van der Waals surface area contributed by atoms with Gasteiger partial charge in [-0.05, 0) is 30.7 Å². The maximum atomic E-state index is 11.7. The number of benzene rings is 1. The first kappa shape index (κ1) is 15.9. The summed E-state index contributed by atoms with van der Waals surface area (Å²) in [5, 5.41) is 3.32. The second-order valence-electron chi connectivity index (χ2n) is 4.33. The van der Waals surface area contributed by atoms with Crippen molar-refractivity contribution >= 4 is 17.7 Å². The molecule has 1 aromatic rings. The predicted octanol–water partition coefficient (Wildman–Crippen LogP) is 1.78. The molecule has 4 nitrogen and oxygen atoms in total. The van der Waals surface area contributed by atoms with Crippen LogP contribution >= 0.6 is 11.8 Å². The van der Waals surface area contributed by atoms with Crippen LogP contribution in [0.3, 0.4) is 0 Å². The largest absolute Gasteiger partial charge is 0.497 e. The average molecular weight is 282 g/mol. The molecule has 0 aliphatic carbocycles. The molecule has 106 valence electrons. The van der Waals surface area contributed by atoms with Gasteiger partial charge in [0.2, 0.25) is 5.91 Å². The van der Waals surface area contributed by atoms with Crippen LogP contribution in [-0.4, -0.2) is 30.6 Å². The van der Waals surface area contributed by atoms with Gasteiger partial charge in [0.05, 0.1) is 12.9 Å². The lowest BCUT2D eigenvalue weighted by atomic mass is 10.2. The van der Waals surface area contributed by atoms with Gasteiger partial charge in [0.1, 0.15) is 5.75 Å². The van der Waals surface area contributed by atoms with E-state index in [9.17, 15) is 4.79 Å². The van der Waals surface area contributed by atoms with E-state index in [1.54, 1.807) is 18.9 Å². The third-order valence-corrected chi connectivity index (χ3v) is 3.93. The number of carbonyl (C=O) groups is 1. The topological polar surface area (TPSA) is 64.3 Å². The highest BCUT2D eigenvalue weighted by molar-refractivity contribution is 8.00. The number of hydrogen-bond acceptors (Lipinski definition) is 4. The summed E-state index contributed by atoms with van der Waals surface area (Å²) in [4.78, 5) is 11.7. The minimum atomic E-state index is 0.0525. The van der Waals surface area contributed by atoms with Crippen molar-refractivity contribution in [2.45, 2.75) is 25.1 Å². The van der Waals surface area contributed by atoms with Crippen molar-refractivity contribution in [1.82, 2.24) is 5.32 Å². The molecule has 0 aromatic heterocycles. The number of amides is 1. The van der Waals surface area contributed by atoms with E-state index in [0.29, 0.717) is 24.1 Å². The van der Waals surface area contributed by atoms with E-state index < -0.39 is 0 Å². The van der Waals surface area contributed by atoms with Crippen LogP contribution < -0.4 is 15.8 Å². The number of carbonyl (C=O) groups excluding carboxylic acids is 1. The maximum Gasteiger partial charge on any atom is 0.230 e. The van der Waals surface area contributed by atoms with Gasteiger partial charge in [0, 0.05) is 11.8 Å². The molecule has 0 bridgehead atoms. The summed E-state index contributed by atoms with van der Waals surface area (Å²) in [6, 6.07) is 7.69. The Hall–Kier alpha value is -1.20. The summed E-state index contributed by atoms with van der Waals surface area (Å²) in [6.07, 6.45) is 0.938. The molecule has 1 unspecified atom stereocenters. The van der Waals surface area contributed by atoms with E-state index in [1.807, 2.05) is 24.3 Å². The molecule has 0 radical (unpaired) electrons. The summed E-state index contributed by atoms with van der Waals surface area (Å²) >= 11 is 1.64. The van der Waals surface area contributed by atoms with E-state index in [1.165, 1.54) is 0 Å². The Bertz CT molecular complexity index is 399. The highest BCUT2D eigenvalue weighted by Crippen LogP contribution is 2.14. The fraction of sp³-hybridized carbons (Fsp3) is 0.500. The maximum absolute atomic E-state index is 11.7. The minimum absolute atomic E-state index is 0.0525. The monoisotopic (exact) mass is 282 g/mol. The van der Waals surface area contributed by atoms with Crippen molar-refractivity contribution in [3.8, 4) is 5.75 Å². The summed E-state index contributed by atoms with van der Waals surface area (Å²) in [5.74, 6) is 1.33. The van der Waals surface area contributed by atoms with Gasteiger partial charge in [-0.25, -0.2) is 0 Å². The van der Waals surface area contributed by atoms with Crippen LogP contribution in [0.2, 0.25) is 0 Å². The first-order chi connectivity index (χ1) is 9.15. The summed E-state index contributed by atoms with van der Waals surface area (Å²) in [5.41, 5.74) is 6.51. The Morgan fingerprint density at radius 2 is 2.32 bits per heavy atom. The second kappa shape index (κ2) is 8.82. The molecule has 5 heteroatoms. The second-order valence-corrected chi connectivity index (χ2v) is 5.75. The molecule has 1 rings (SSSR count). The van der Waals surface area contributed by atoms with Crippen LogP contribution in [-0.2, 0) is 11.3 Å². The quantitative estimate of drug-likeness (QED) is 0.763. The van der Waals surface area contributed by atoms with E-state index >= 15 is 0 Å². The van der Waals surface area contributed by atoms with E-state index in [2.05, 4.69) is 12.2 Å². The zero-order valence-electron chi connectivity index (χ0n) is 11.5. The fourth-order valence-corrected chi connectivity index (χ4v) is 2.41. The number of rotatable bonds is 8. The third kappa shape index (κ3) is 6.50. The van der Waals surface area contributed by atoms with E-state index in [-0.39, 0.29) is 5.91 Å². The number of hydrogen-bond donors (Lipinski definition) is 2. The summed E-state index contributed by atoms with van der Waals surface area (Å²) in [6.45, 7) is 3.29. The van der Waals surface area contributed by atoms with Crippen molar-refractivity contribution in [1.29, 1.82) is 0 Å². The molecule has 19 heavy (non-hydrogen) atoms. The zero-order chi connectivity index (χ0) is 14.1. The summed E-state index contributed by atoms with van der Waals surface area (Å²) < 4.78 is 5.14. The van der Waals surface area contributed by atoms with Crippen molar-refractivity contribution in [3.63, 3.8) is 0 Å². The molecule has 0 fully saturated rings. The molecule has 0 aliphatic rings. The highest BCUT2D eigenvalue weighted by atomic mass is 32.2. The van der Waals surface area contributed by atoms with Gasteiger partial charge < -0.3 is 15.8 Å². The molecule has 0 aliphatic heterocycles. The molecule has 1 aromatic carbocycles. The lowest BCUT2D eigenvalue weighted by Crippen LogP contribution is -2.25. The van der Waals surface area contributed by atoms with Gasteiger partial charge >= 0.3 is 0 Å². The number of thioether (sulfide) groups is 1. The number of ether oxygens (including phenoxy) is 1. The van der Waals surface area contributed by atoms with E-state index in [0.717, 1.165) is 17.7 Å². The normalized spacial score (nSPS) is 11.9. The minimum Gasteiger partial charge on any atom is -0.497 e. The van der Waals surface area contributed by atoms with Crippen LogP contribution in [0.15, 0.2) is 24.3 Å². The number of nitrogens with two attached hydrogens (primary N) is 1. The van der Waals surface area contributed by atoms with E-state index in [4.69, 9.17) is 10.5 Å². The van der Waals surface area contributed by atoms with Crippen LogP contribution in [0.5, 0.6) is 5.75 Å². The molecular weight excluding hydrogens is 260 g/mol. The molecule has 0 heterocycles. The molecule has 1 amide bonds. The predicted molar refractivity (Wildman–Crippen MR) is 80.4 cm³/mol. The van der Waals surface area contributed by atoms with Crippen LogP contribution in [0.25, 0.3) is 0 Å². The lowest BCUT2D eigenvalue weighted by molar-refractivity contribution is -0.118. The Kier molecular flexibility index (Phi) is 7.36. The van der Waals surface area contributed by atoms with Crippen LogP contribution in [0, 0.1) is 0 Å². The molecule has 3 N–H and O–H groups in total. The Morgan fingerprint density at radius 1 is 1.53 bits per heavy atom. The average Bonchev–Trinajstić information content (AvgIpc) is 2.43. The Morgan fingerprint density at radius 3 is 3.00 bits per heavy atom. The SMILES string of the molecule is COc1cccc(CNC(=O)CSC(C)CCN)c1. The smallest absolute Gasteiger partial charge is 0.230 e. The summed E-state index contributed by atoms with van der Waals surface area (Å²) in [7, 11) is 1.63. The van der Waals surface area contributed by atoms with Crippen molar-refractivity contribution in [2.24, 2.45) is 5.73 Å². The van der Waals surface area contributed by atoms with Gasteiger partial charge in [-0.1, -0.05) is 19.1 Å². The highest BCUT2D eigenvalue weighted by Gasteiger charge is 2.06. The number of nitrogens with one attached hydrogen (secondary N) is 1. The molecule has 0 spiro atoms. The molecular formula is C14H22N2O2S.